The summed E-state index contributed by atoms with van der Waals surface area (Å²) in [5.74, 6) is 0. The van der Waals surface area contributed by atoms with Crippen molar-refractivity contribution < 1.29 is 9.59 Å². The lowest BCUT2D eigenvalue weighted by Crippen LogP contribution is -2.53. The molecular weight excluding hydrogens is 328 g/mol. The van der Waals surface area contributed by atoms with Gasteiger partial charge >= 0.3 is 12.1 Å². The molecule has 1 heterocycles. The van der Waals surface area contributed by atoms with Crippen molar-refractivity contribution in [1.82, 2.24) is 15.1 Å². The maximum absolute atomic E-state index is 12.4. The van der Waals surface area contributed by atoms with Gasteiger partial charge in [0, 0.05) is 38.4 Å². The van der Waals surface area contributed by atoms with Gasteiger partial charge in [-0.3, -0.25) is 0 Å². The van der Waals surface area contributed by atoms with Crippen molar-refractivity contribution in [3.8, 4) is 0 Å². The number of nitrogens with zero attached hydrogens (tertiary/aromatic N) is 2. The van der Waals surface area contributed by atoms with Gasteiger partial charge in [0.05, 0.1) is 0 Å². The Labute approximate surface area is 153 Å². The van der Waals surface area contributed by atoms with Gasteiger partial charge in [0.2, 0.25) is 0 Å². The molecule has 0 radical (unpaired) electrons. The SMILES string of the molecule is Cc1cccc(NC(=O)N2CCN(C(=O)NCc3ccccc3)CC2)c1. The van der Waals surface area contributed by atoms with Crippen molar-refractivity contribution in [3.63, 3.8) is 0 Å². The molecule has 0 aliphatic carbocycles. The number of hydrogen-bond acceptors (Lipinski definition) is 2. The zero-order chi connectivity index (χ0) is 18.4. The first-order valence-electron chi connectivity index (χ1n) is 8.81. The first-order chi connectivity index (χ1) is 12.6. The van der Waals surface area contributed by atoms with Crippen molar-refractivity contribution >= 4 is 17.7 Å². The highest BCUT2D eigenvalue weighted by Crippen LogP contribution is 2.11. The minimum absolute atomic E-state index is 0.0902. The molecule has 4 amide bonds. The summed E-state index contributed by atoms with van der Waals surface area (Å²) in [4.78, 5) is 28.1. The summed E-state index contributed by atoms with van der Waals surface area (Å²) in [5, 5.41) is 5.84. The Morgan fingerprint density at radius 3 is 2.19 bits per heavy atom. The number of hydrogen-bond donors (Lipinski definition) is 2. The summed E-state index contributed by atoms with van der Waals surface area (Å²) < 4.78 is 0. The monoisotopic (exact) mass is 352 g/mol. The molecule has 1 saturated heterocycles. The van der Waals surface area contributed by atoms with Crippen LogP contribution in [-0.2, 0) is 6.54 Å². The summed E-state index contributed by atoms with van der Waals surface area (Å²) >= 11 is 0. The molecule has 1 aliphatic heterocycles. The zero-order valence-electron chi connectivity index (χ0n) is 14.9. The number of carbonyl (C=O) groups is 2. The number of amides is 4. The van der Waals surface area contributed by atoms with Crippen LogP contribution < -0.4 is 10.6 Å². The molecule has 1 fully saturated rings. The Bertz CT molecular complexity index is 755. The Hall–Kier alpha value is -3.02. The van der Waals surface area contributed by atoms with E-state index in [9.17, 15) is 9.59 Å². The van der Waals surface area contributed by atoms with Gasteiger partial charge in [0.15, 0.2) is 0 Å². The Kier molecular flexibility index (Phi) is 5.73. The van der Waals surface area contributed by atoms with Gasteiger partial charge in [-0.05, 0) is 30.2 Å². The van der Waals surface area contributed by atoms with E-state index in [2.05, 4.69) is 10.6 Å². The molecule has 0 saturated carbocycles. The van der Waals surface area contributed by atoms with Gasteiger partial charge in [-0.2, -0.15) is 0 Å². The summed E-state index contributed by atoms with van der Waals surface area (Å²) in [7, 11) is 0. The highest BCUT2D eigenvalue weighted by molar-refractivity contribution is 5.89. The van der Waals surface area contributed by atoms with Crippen LogP contribution in [0.3, 0.4) is 0 Å². The third-order valence-electron chi connectivity index (χ3n) is 4.41. The van der Waals surface area contributed by atoms with E-state index in [1.807, 2.05) is 61.5 Å². The molecule has 1 aliphatic rings. The largest absolute Gasteiger partial charge is 0.334 e. The summed E-state index contributed by atoms with van der Waals surface area (Å²) in [6.07, 6.45) is 0. The molecule has 0 unspecified atom stereocenters. The fraction of sp³-hybridized carbons (Fsp3) is 0.300. The number of anilines is 1. The van der Waals surface area contributed by atoms with Gasteiger partial charge in [-0.1, -0.05) is 42.5 Å². The predicted octanol–water partition coefficient (Wildman–Crippen LogP) is 3.05. The van der Waals surface area contributed by atoms with Crippen LogP contribution in [0.15, 0.2) is 54.6 Å². The molecule has 0 spiro atoms. The standard InChI is InChI=1S/C20H24N4O2/c1-16-6-5-9-18(14-16)22-20(26)24-12-10-23(11-13-24)19(25)21-15-17-7-3-2-4-8-17/h2-9,14H,10-13,15H2,1H3,(H,21,25)(H,22,26). The first-order valence-corrected chi connectivity index (χ1v) is 8.81. The van der Waals surface area contributed by atoms with Gasteiger partial charge < -0.3 is 20.4 Å². The molecule has 2 aromatic rings. The minimum Gasteiger partial charge on any atom is -0.334 e. The molecule has 136 valence electrons. The highest BCUT2D eigenvalue weighted by Gasteiger charge is 2.24. The molecule has 6 nitrogen and oxygen atoms in total. The lowest BCUT2D eigenvalue weighted by atomic mass is 10.2. The van der Waals surface area contributed by atoms with Crippen LogP contribution in [0.2, 0.25) is 0 Å². The smallest absolute Gasteiger partial charge is 0.321 e. The third-order valence-corrected chi connectivity index (χ3v) is 4.41. The Balaban J connectivity index is 1.44. The first kappa shape index (κ1) is 17.8. The number of urea groups is 2. The van der Waals surface area contributed by atoms with Gasteiger partial charge in [0.1, 0.15) is 0 Å². The number of piperazine rings is 1. The molecule has 0 atom stereocenters. The molecule has 6 heteroatoms. The number of rotatable bonds is 3. The molecule has 2 N–H and O–H groups in total. The van der Waals surface area contributed by atoms with Gasteiger partial charge in [0.25, 0.3) is 0 Å². The fourth-order valence-corrected chi connectivity index (χ4v) is 2.92. The molecule has 0 bridgehead atoms. The Morgan fingerprint density at radius 1 is 0.885 bits per heavy atom. The van der Waals surface area contributed by atoms with Crippen LogP contribution in [0.4, 0.5) is 15.3 Å². The van der Waals surface area contributed by atoms with E-state index < -0.39 is 0 Å². The van der Waals surface area contributed by atoms with Crippen LogP contribution >= 0.6 is 0 Å². The predicted molar refractivity (Wildman–Crippen MR) is 102 cm³/mol. The summed E-state index contributed by atoms with van der Waals surface area (Å²) in [6, 6.07) is 17.3. The lowest BCUT2D eigenvalue weighted by molar-refractivity contribution is 0.149. The second kappa shape index (κ2) is 8.38. The second-order valence-corrected chi connectivity index (χ2v) is 6.42. The lowest BCUT2D eigenvalue weighted by Gasteiger charge is -2.34. The second-order valence-electron chi connectivity index (χ2n) is 6.42. The number of carbonyl (C=O) groups excluding carboxylic acids is 2. The maximum atomic E-state index is 12.4. The van der Waals surface area contributed by atoms with E-state index in [0.29, 0.717) is 32.7 Å². The fourth-order valence-electron chi connectivity index (χ4n) is 2.92. The van der Waals surface area contributed by atoms with E-state index in [4.69, 9.17) is 0 Å². The van der Waals surface area contributed by atoms with Crippen LogP contribution in [0.1, 0.15) is 11.1 Å². The van der Waals surface area contributed by atoms with Crippen molar-refractivity contribution in [2.75, 3.05) is 31.5 Å². The highest BCUT2D eigenvalue weighted by atomic mass is 16.2. The van der Waals surface area contributed by atoms with Gasteiger partial charge in [-0.15, -0.1) is 0 Å². The maximum Gasteiger partial charge on any atom is 0.321 e. The van der Waals surface area contributed by atoms with Crippen molar-refractivity contribution in [3.05, 3.63) is 65.7 Å². The normalized spacial score (nSPS) is 14.0. The third kappa shape index (κ3) is 4.75. The number of nitrogens with one attached hydrogen (secondary N) is 2. The van der Waals surface area contributed by atoms with E-state index in [0.717, 1.165) is 16.8 Å². The van der Waals surface area contributed by atoms with Crippen LogP contribution in [-0.4, -0.2) is 48.0 Å². The quantitative estimate of drug-likeness (QED) is 0.892. The van der Waals surface area contributed by atoms with E-state index in [1.54, 1.807) is 9.80 Å². The van der Waals surface area contributed by atoms with E-state index in [1.165, 1.54) is 0 Å². The van der Waals surface area contributed by atoms with Crippen molar-refractivity contribution in [1.29, 1.82) is 0 Å². The molecule has 26 heavy (non-hydrogen) atoms. The van der Waals surface area contributed by atoms with Gasteiger partial charge in [-0.25, -0.2) is 9.59 Å². The molecule has 3 rings (SSSR count). The van der Waals surface area contributed by atoms with Crippen molar-refractivity contribution in [2.24, 2.45) is 0 Å². The van der Waals surface area contributed by atoms with Crippen LogP contribution in [0.5, 0.6) is 0 Å². The molecule has 0 aromatic heterocycles. The topological polar surface area (TPSA) is 64.7 Å². The van der Waals surface area contributed by atoms with Crippen LogP contribution in [0, 0.1) is 6.92 Å². The van der Waals surface area contributed by atoms with E-state index >= 15 is 0 Å². The Morgan fingerprint density at radius 2 is 1.54 bits per heavy atom. The molecular formula is C20H24N4O2. The number of benzene rings is 2. The van der Waals surface area contributed by atoms with Crippen LogP contribution in [0.25, 0.3) is 0 Å². The minimum atomic E-state index is -0.125. The average Bonchev–Trinajstić information content (AvgIpc) is 2.67. The van der Waals surface area contributed by atoms with E-state index in [-0.39, 0.29) is 12.1 Å². The number of aryl methyl sites for hydroxylation is 1. The zero-order valence-corrected chi connectivity index (χ0v) is 14.9. The van der Waals surface area contributed by atoms with Crippen molar-refractivity contribution in [2.45, 2.75) is 13.5 Å². The summed E-state index contributed by atoms with van der Waals surface area (Å²) in [6.45, 7) is 4.60. The average molecular weight is 352 g/mol. The summed E-state index contributed by atoms with van der Waals surface area (Å²) in [5.41, 5.74) is 2.96. The molecule has 2 aromatic carbocycles.